The summed E-state index contributed by atoms with van der Waals surface area (Å²) in [6, 6.07) is 10.4. The lowest BCUT2D eigenvalue weighted by molar-refractivity contribution is 0.622. The number of nitrogens with one attached hydrogen (secondary N) is 1. The van der Waals surface area contributed by atoms with Gasteiger partial charge in [-0.3, -0.25) is 0 Å². The molecule has 0 aromatic heterocycles. The lowest BCUT2D eigenvalue weighted by Gasteiger charge is -2.08. The minimum atomic E-state index is -0.251. The van der Waals surface area contributed by atoms with Crippen LogP contribution in [-0.4, -0.2) is 6.54 Å². The molecule has 0 saturated carbocycles. The van der Waals surface area contributed by atoms with Crippen molar-refractivity contribution < 1.29 is 4.39 Å². The Hall–Kier alpha value is -1.09. The zero-order valence-electron chi connectivity index (χ0n) is 11.2. The smallest absolute Gasteiger partial charge is 0.131 e. The minimum absolute atomic E-state index is 0.251. The first-order valence-corrected chi connectivity index (χ1v) is 7.32. The number of hydrogen-bond donors (Lipinski definition) is 1. The summed E-state index contributed by atoms with van der Waals surface area (Å²) in [6.45, 7) is 3.70. The topological polar surface area (TPSA) is 12.0 Å². The van der Waals surface area contributed by atoms with Crippen LogP contribution in [0.15, 0.2) is 36.4 Å². The third-order valence-electron chi connectivity index (χ3n) is 3.02. The van der Waals surface area contributed by atoms with Crippen molar-refractivity contribution in [2.45, 2.75) is 19.9 Å². The Labute approximate surface area is 128 Å². The van der Waals surface area contributed by atoms with Gasteiger partial charge < -0.3 is 5.32 Å². The van der Waals surface area contributed by atoms with Gasteiger partial charge in [0, 0.05) is 12.1 Å². The van der Waals surface area contributed by atoms with Crippen molar-refractivity contribution in [1.29, 1.82) is 0 Å². The molecule has 2 aromatic carbocycles. The number of halogens is 3. The van der Waals surface area contributed by atoms with E-state index >= 15 is 0 Å². The normalized spacial score (nSPS) is 10.8. The summed E-state index contributed by atoms with van der Waals surface area (Å²) in [4.78, 5) is 0. The van der Waals surface area contributed by atoms with E-state index in [4.69, 9.17) is 23.2 Å². The molecule has 0 fully saturated rings. The van der Waals surface area contributed by atoms with Crippen molar-refractivity contribution in [2.24, 2.45) is 0 Å². The Morgan fingerprint density at radius 2 is 1.85 bits per heavy atom. The SMILES string of the molecule is CCCNCc1ccc(-c2ccc(Cl)c(Cl)c2)c(F)c1. The van der Waals surface area contributed by atoms with Crippen molar-refractivity contribution in [3.8, 4) is 11.1 Å². The summed E-state index contributed by atoms with van der Waals surface area (Å²) >= 11 is 11.8. The molecule has 4 heteroatoms. The molecule has 20 heavy (non-hydrogen) atoms. The highest BCUT2D eigenvalue weighted by Crippen LogP contribution is 2.30. The van der Waals surface area contributed by atoms with Crippen LogP contribution < -0.4 is 5.32 Å². The summed E-state index contributed by atoms with van der Waals surface area (Å²) in [6.07, 6.45) is 1.06. The minimum Gasteiger partial charge on any atom is -0.313 e. The van der Waals surface area contributed by atoms with Gasteiger partial charge in [0.25, 0.3) is 0 Å². The van der Waals surface area contributed by atoms with E-state index in [1.165, 1.54) is 0 Å². The predicted molar refractivity (Wildman–Crippen MR) is 83.9 cm³/mol. The highest BCUT2D eigenvalue weighted by molar-refractivity contribution is 6.42. The molecule has 0 unspecified atom stereocenters. The molecule has 0 spiro atoms. The predicted octanol–water partition coefficient (Wildman–Crippen LogP) is 5.30. The van der Waals surface area contributed by atoms with E-state index in [0.29, 0.717) is 22.2 Å². The average molecular weight is 312 g/mol. The fourth-order valence-corrected chi connectivity index (χ4v) is 2.27. The van der Waals surface area contributed by atoms with E-state index in [0.717, 1.165) is 24.1 Å². The fraction of sp³-hybridized carbons (Fsp3) is 0.250. The summed E-state index contributed by atoms with van der Waals surface area (Å²) in [5.74, 6) is -0.251. The van der Waals surface area contributed by atoms with Crippen LogP contribution in [0.5, 0.6) is 0 Å². The molecule has 106 valence electrons. The Kier molecular flexibility index (Phi) is 5.41. The standard InChI is InChI=1S/C16H16Cl2FN/c1-2-7-20-10-11-3-5-13(16(19)8-11)12-4-6-14(17)15(18)9-12/h3-6,8-9,20H,2,7,10H2,1H3. The molecule has 0 bridgehead atoms. The number of benzene rings is 2. The first-order chi connectivity index (χ1) is 9.61. The van der Waals surface area contributed by atoms with Crippen molar-refractivity contribution in [1.82, 2.24) is 5.32 Å². The van der Waals surface area contributed by atoms with Crippen LogP contribution in [0.4, 0.5) is 4.39 Å². The maximum absolute atomic E-state index is 14.2. The molecule has 2 aromatic rings. The zero-order valence-corrected chi connectivity index (χ0v) is 12.7. The van der Waals surface area contributed by atoms with Gasteiger partial charge in [0.2, 0.25) is 0 Å². The molecule has 0 saturated heterocycles. The quantitative estimate of drug-likeness (QED) is 0.739. The average Bonchev–Trinajstić information content (AvgIpc) is 2.43. The highest BCUT2D eigenvalue weighted by atomic mass is 35.5. The summed E-state index contributed by atoms with van der Waals surface area (Å²) < 4.78 is 14.2. The molecule has 0 aliphatic carbocycles. The number of hydrogen-bond acceptors (Lipinski definition) is 1. The van der Waals surface area contributed by atoms with Crippen LogP contribution in [-0.2, 0) is 6.54 Å². The van der Waals surface area contributed by atoms with Crippen LogP contribution in [0, 0.1) is 5.82 Å². The maximum atomic E-state index is 14.2. The van der Waals surface area contributed by atoms with Gasteiger partial charge in [-0.05, 0) is 42.3 Å². The van der Waals surface area contributed by atoms with Gasteiger partial charge in [0.15, 0.2) is 0 Å². The molecular weight excluding hydrogens is 296 g/mol. The fourth-order valence-electron chi connectivity index (χ4n) is 1.98. The van der Waals surface area contributed by atoms with Gasteiger partial charge in [0.05, 0.1) is 10.0 Å². The van der Waals surface area contributed by atoms with Crippen molar-refractivity contribution in [3.05, 3.63) is 57.8 Å². The molecule has 2 rings (SSSR count). The number of rotatable bonds is 5. The van der Waals surface area contributed by atoms with Crippen molar-refractivity contribution in [2.75, 3.05) is 6.54 Å². The second-order valence-corrected chi connectivity index (χ2v) is 5.43. The van der Waals surface area contributed by atoms with Crippen molar-refractivity contribution >= 4 is 23.2 Å². The largest absolute Gasteiger partial charge is 0.313 e. The lowest BCUT2D eigenvalue weighted by atomic mass is 10.0. The van der Waals surface area contributed by atoms with Crippen molar-refractivity contribution in [3.63, 3.8) is 0 Å². The van der Waals surface area contributed by atoms with E-state index < -0.39 is 0 Å². The third kappa shape index (κ3) is 3.72. The lowest BCUT2D eigenvalue weighted by Crippen LogP contribution is -2.13. The van der Waals surface area contributed by atoms with Gasteiger partial charge >= 0.3 is 0 Å². The molecule has 0 aliphatic heterocycles. The molecule has 0 heterocycles. The first kappa shape index (κ1) is 15.3. The van der Waals surface area contributed by atoms with Gasteiger partial charge in [0.1, 0.15) is 5.82 Å². The molecule has 0 amide bonds. The van der Waals surface area contributed by atoms with Crippen LogP contribution in [0.25, 0.3) is 11.1 Å². The Morgan fingerprint density at radius 1 is 1.05 bits per heavy atom. The highest BCUT2D eigenvalue weighted by Gasteiger charge is 2.08. The maximum Gasteiger partial charge on any atom is 0.131 e. The summed E-state index contributed by atoms with van der Waals surface area (Å²) in [5.41, 5.74) is 2.19. The molecular formula is C16H16Cl2FN. The van der Waals surface area contributed by atoms with Gasteiger partial charge in [-0.25, -0.2) is 4.39 Å². The van der Waals surface area contributed by atoms with Gasteiger partial charge in [-0.15, -0.1) is 0 Å². The molecule has 0 aliphatic rings. The van der Waals surface area contributed by atoms with Crippen LogP contribution in [0.1, 0.15) is 18.9 Å². The van der Waals surface area contributed by atoms with E-state index in [2.05, 4.69) is 12.2 Å². The Balaban J connectivity index is 2.22. The summed E-state index contributed by atoms with van der Waals surface area (Å²) in [7, 11) is 0. The van der Waals surface area contributed by atoms with E-state index in [1.54, 1.807) is 30.3 Å². The molecule has 1 N–H and O–H groups in total. The van der Waals surface area contributed by atoms with Crippen LogP contribution >= 0.6 is 23.2 Å². The van der Waals surface area contributed by atoms with E-state index in [1.807, 2.05) is 6.07 Å². The van der Waals surface area contributed by atoms with Gasteiger partial charge in [-0.1, -0.05) is 48.3 Å². The van der Waals surface area contributed by atoms with Crippen LogP contribution in [0.3, 0.4) is 0 Å². The van der Waals surface area contributed by atoms with Crippen LogP contribution in [0.2, 0.25) is 10.0 Å². The zero-order chi connectivity index (χ0) is 14.5. The van der Waals surface area contributed by atoms with Gasteiger partial charge in [-0.2, -0.15) is 0 Å². The first-order valence-electron chi connectivity index (χ1n) is 6.56. The monoisotopic (exact) mass is 311 g/mol. The van der Waals surface area contributed by atoms with E-state index in [-0.39, 0.29) is 5.82 Å². The second kappa shape index (κ2) is 7.07. The second-order valence-electron chi connectivity index (χ2n) is 4.62. The third-order valence-corrected chi connectivity index (χ3v) is 3.76. The Morgan fingerprint density at radius 3 is 2.50 bits per heavy atom. The summed E-state index contributed by atoms with van der Waals surface area (Å²) in [5, 5.41) is 4.15. The molecule has 1 nitrogen and oxygen atoms in total. The molecule has 0 radical (unpaired) electrons. The molecule has 0 atom stereocenters. The Bertz CT molecular complexity index is 599. The van der Waals surface area contributed by atoms with E-state index in [9.17, 15) is 4.39 Å².